The molecule has 0 aliphatic carbocycles. The highest BCUT2D eigenvalue weighted by Gasteiger charge is 2.27. The molecule has 1 aliphatic rings. The van der Waals surface area contributed by atoms with Crippen molar-refractivity contribution < 1.29 is 18.3 Å². The molecule has 30 heavy (non-hydrogen) atoms. The summed E-state index contributed by atoms with van der Waals surface area (Å²) >= 11 is 1.63. The zero-order valence-electron chi connectivity index (χ0n) is 16.1. The summed E-state index contributed by atoms with van der Waals surface area (Å²) < 4.78 is 29.0. The van der Waals surface area contributed by atoms with Crippen molar-refractivity contribution in [1.82, 2.24) is 9.88 Å². The van der Waals surface area contributed by atoms with Gasteiger partial charge in [-0.3, -0.25) is 4.79 Å². The Bertz CT molecular complexity index is 980. The number of likely N-dealkylation sites (tertiary alicyclic amines) is 1. The Balaban J connectivity index is 1.49. The molecule has 2 aromatic carbocycles. The molecule has 0 spiro atoms. The minimum atomic E-state index is -2.86. The van der Waals surface area contributed by atoms with E-state index in [-0.39, 0.29) is 17.6 Å². The van der Waals surface area contributed by atoms with Gasteiger partial charge in [-0.15, -0.1) is 11.3 Å². The molecule has 0 radical (unpaired) electrons. The summed E-state index contributed by atoms with van der Waals surface area (Å²) in [6, 6.07) is 13.5. The van der Waals surface area contributed by atoms with Crippen LogP contribution < -0.4 is 10.1 Å². The van der Waals surface area contributed by atoms with Crippen LogP contribution in [0.15, 0.2) is 60.1 Å². The number of piperidine rings is 1. The van der Waals surface area contributed by atoms with Gasteiger partial charge >= 0.3 is 6.61 Å². The lowest BCUT2D eigenvalue weighted by Crippen LogP contribution is -2.39. The van der Waals surface area contributed by atoms with E-state index in [1.54, 1.807) is 35.7 Å². The first-order valence-corrected chi connectivity index (χ1v) is 10.6. The number of nitrogens with one attached hydrogen (secondary N) is 1. The predicted octanol–water partition coefficient (Wildman–Crippen LogP) is 5.51. The maximum Gasteiger partial charge on any atom is 0.387 e. The van der Waals surface area contributed by atoms with E-state index in [0.29, 0.717) is 30.0 Å². The lowest BCUT2D eigenvalue weighted by molar-refractivity contribution is -0.0498. The highest BCUT2D eigenvalue weighted by molar-refractivity contribution is 7.09. The first kappa shape index (κ1) is 20.3. The van der Waals surface area contributed by atoms with E-state index in [0.717, 1.165) is 17.8 Å². The molecule has 1 fully saturated rings. The second-order valence-corrected chi connectivity index (χ2v) is 7.96. The van der Waals surface area contributed by atoms with Crippen molar-refractivity contribution in [2.24, 2.45) is 0 Å². The third-order valence-electron chi connectivity index (χ3n) is 5.03. The van der Waals surface area contributed by atoms with Gasteiger partial charge in [0.2, 0.25) is 0 Å². The molecule has 1 N–H and O–H groups in total. The number of hydrogen-bond acceptors (Lipinski definition) is 5. The SMILES string of the molecule is O=C(c1ccccc1Nc1ccc(OC(F)F)cc1)N1CCCC(c2nccs2)C1. The average Bonchev–Trinajstić information content (AvgIpc) is 3.30. The highest BCUT2D eigenvalue weighted by atomic mass is 32.1. The minimum absolute atomic E-state index is 0.0305. The summed E-state index contributed by atoms with van der Waals surface area (Å²) in [5.41, 5.74) is 1.92. The van der Waals surface area contributed by atoms with Gasteiger partial charge < -0.3 is 15.0 Å². The maximum absolute atomic E-state index is 13.3. The lowest BCUT2D eigenvalue weighted by atomic mass is 9.97. The molecule has 1 saturated heterocycles. The Morgan fingerprint density at radius 3 is 2.73 bits per heavy atom. The number of benzene rings is 2. The van der Waals surface area contributed by atoms with Gasteiger partial charge in [0.05, 0.1) is 16.3 Å². The van der Waals surface area contributed by atoms with E-state index >= 15 is 0 Å². The van der Waals surface area contributed by atoms with Gasteiger partial charge in [-0.2, -0.15) is 8.78 Å². The summed E-state index contributed by atoms with van der Waals surface area (Å²) in [5.74, 6) is 0.323. The van der Waals surface area contributed by atoms with Gasteiger partial charge in [0.1, 0.15) is 5.75 Å². The summed E-state index contributed by atoms with van der Waals surface area (Å²) in [5, 5.41) is 6.25. The second-order valence-electron chi connectivity index (χ2n) is 7.03. The number of nitrogens with zero attached hydrogens (tertiary/aromatic N) is 2. The number of ether oxygens (including phenoxy) is 1. The third-order valence-corrected chi connectivity index (χ3v) is 5.96. The van der Waals surface area contributed by atoms with Gasteiger partial charge in [-0.05, 0) is 49.2 Å². The van der Waals surface area contributed by atoms with Gasteiger partial charge in [-0.25, -0.2) is 4.98 Å². The topological polar surface area (TPSA) is 54.5 Å². The van der Waals surface area contributed by atoms with Crippen molar-refractivity contribution in [2.75, 3.05) is 18.4 Å². The number of halogens is 2. The van der Waals surface area contributed by atoms with Gasteiger partial charge in [0, 0.05) is 36.3 Å². The Labute approximate surface area is 177 Å². The van der Waals surface area contributed by atoms with E-state index in [9.17, 15) is 13.6 Å². The summed E-state index contributed by atoms with van der Waals surface area (Å²) in [7, 11) is 0. The molecule has 1 aliphatic heterocycles. The summed E-state index contributed by atoms with van der Waals surface area (Å²) in [6.07, 6.45) is 3.78. The van der Waals surface area contributed by atoms with Crippen molar-refractivity contribution in [3.8, 4) is 5.75 Å². The molecular formula is C22H21F2N3O2S. The standard InChI is InChI=1S/C22H21F2N3O2S/c23-22(24)29-17-9-7-16(8-10-17)26-19-6-2-1-5-18(19)21(28)27-12-3-4-15(14-27)20-25-11-13-30-20/h1-2,5-11,13,15,22,26H,3-4,12,14H2. The van der Waals surface area contributed by atoms with Crippen LogP contribution in [0.4, 0.5) is 20.2 Å². The van der Waals surface area contributed by atoms with Crippen molar-refractivity contribution in [3.05, 3.63) is 70.7 Å². The van der Waals surface area contributed by atoms with Crippen LogP contribution in [0.25, 0.3) is 0 Å². The molecule has 8 heteroatoms. The molecule has 5 nitrogen and oxygen atoms in total. The molecule has 1 atom stereocenters. The number of hydrogen-bond donors (Lipinski definition) is 1. The molecule has 2 heterocycles. The number of para-hydroxylation sites is 1. The van der Waals surface area contributed by atoms with Crippen LogP contribution in [-0.4, -0.2) is 35.5 Å². The Hall–Kier alpha value is -3.00. The number of thiazole rings is 1. The predicted molar refractivity (Wildman–Crippen MR) is 113 cm³/mol. The average molecular weight is 429 g/mol. The van der Waals surface area contributed by atoms with E-state index in [1.807, 2.05) is 28.5 Å². The lowest BCUT2D eigenvalue weighted by Gasteiger charge is -2.32. The zero-order valence-corrected chi connectivity index (χ0v) is 16.9. The number of aromatic nitrogens is 1. The van der Waals surface area contributed by atoms with Gasteiger partial charge in [0.15, 0.2) is 0 Å². The first-order chi connectivity index (χ1) is 14.6. The van der Waals surface area contributed by atoms with E-state index < -0.39 is 6.61 Å². The largest absolute Gasteiger partial charge is 0.435 e. The quantitative estimate of drug-likeness (QED) is 0.562. The van der Waals surface area contributed by atoms with Crippen molar-refractivity contribution in [3.63, 3.8) is 0 Å². The molecule has 4 rings (SSSR count). The first-order valence-electron chi connectivity index (χ1n) is 9.70. The van der Waals surface area contributed by atoms with Crippen LogP contribution >= 0.6 is 11.3 Å². The van der Waals surface area contributed by atoms with Crippen molar-refractivity contribution in [2.45, 2.75) is 25.4 Å². The molecule has 3 aromatic rings. The number of anilines is 2. The normalized spacial score (nSPS) is 16.5. The van der Waals surface area contributed by atoms with Gasteiger partial charge in [-0.1, -0.05) is 12.1 Å². The van der Waals surface area contributed by atoms with Crippen LogP contribution in [0, 0.1) is 0 Å². The van der Waals surface area contributed by atoms with Crippen molar-refractivity contribution >= 4 is 28.6 Å². The number of amides is 1. The molecular weight excluding hydrogens is 408 g/mol. The van der Waals surface area contributed by atoms with Crippen LogP contribution in [0.2, 0.25) is 0 Å². The summed E-state index contributed by atoms with van der Waals surface area (Å²) in [6.45, 7) is -1.49. The van der Waals surface area contributed by atoms with Crippen molar-refractivity contribution in [1.29, 1.82) is 0 Å². The fourth-order valence-electron chi connectivity index (χ4n) is 3.62. The monoisotopic (exact) mass is 429 g/mol. The van der Waals surface area contributed by atoms with Crippen LogP contribution in [-0.2, 0) is 0 Å². The van der Waals surface area contributed by atoms with E-state index in [1.165, 1.54) is 12.1 Å². The van der Waals surface area contributed by atoms with Crippen LogP contribution in [0.1, 0.15) is 34.1 Å². The number of alkyl halides is 2. The second kappa shape index (κ2) is 9.21. The number of carbonyl (C=O) groups excluding carboxylic acids is 1. The third kappa shape index (κ3) is 4.76. The van der Waals surface area contributed by atoms with E-state index in [2.05, 4.69) is 15.0 Å². The molecule has 156 valence electrons. The number of carbonyl (C=O) groups is 1. The van der Waals surface area contributed by atoms with Crippen LogP contribution in [0.3, 0.4) is 0 Å². The molecule has 1 unspecified atom stereocenters. The van der Waals surface area contributed by atoms with Gasteiger partial charge in [0.25, 0.3) is 5.91 Å². The summed E-state index contributed by atoms with van der Waals surface area (Å²) in [4.78, 5) is 19.6. The Morgan fingerprint density at radius 2 is 2.00 bits per heavy atom. The molecule has 0 bridgehead atoms. The van der Waals surface area contributed by atoms with E-state index in [4.69, 9.17) is 0 Å². The fourth-order valence-corrected chi connectivity index (χ4v) is 4.39. The number of rotatable bonds is 6. The molecule has 0 saturated carbocycles. The Morgan fingerprint density at radius 1 is 1.20 bits per heavy atom. The molecule has 1 aromatic heterocycles. The Kier molecular flexibility index (Phi) is 6.23. The fraction of sp³-hybridized carbons (Fsp3) is 0.273. The minimum Gasteiger partial charge on any atom is -0.435 e. The smallest absolute Gasteiger partial charge is 0.387 e. The maximum atomic E-state index is 13.3. The zero-order chi connectivity index (χ0) is 20.9. The van der Waals surface area contributed by atoms with Crippen LogP contribution in [0.5, 0.6) is 5.75 Å². The highest BCUT2D eigenvalue weighted by Crippen LogP contribution is 2.30. The molecule has 1 amide bonds.